The van der Waals surface area contributed by atoms with E-state index in [1.165, 1.54) is 12.0 Å². The Morgan fingerprint density at radius 2 is 2.28 bits per heavy atom. The molecule has 0 saturated carbocycles. The van der Waals surface area contributed by atoms with E-state index < -0.39 is 0 Å². The molecule has 0 amide bonds. The minimum atomic E-state index is 0.278. The van der Waals surface area contributed by atoms with Gasteiger partial charge in [-0.2, -0.15) is 0 Å². The van der Waals surface area contributed by atoms with Crippen LogP contribution in [0.1, 0.15) is 49.0 Å². The van der Waals surface area contributed by atoms with Crippen LogP contribution in [0.25, 0.3) is 0 Å². The number of ketones is 1. The summed E-state index contributed by atoms with van der Waals surface area (Å²) in [5, 5.41) is 3.38. The topological polar surface area (TPSA) is 29.1 Å². The van der Waals surface area contributed by atoms with Gasteiger partial charge in [-0.15, -0.1) is 0 Å². The van der Waals surface area contributed by atoms with Gasteiger partial charge in [-0.3, -0.25) is 4.79 Å². The van der Waals surface area contributed by atoms with Gasteiger partial charge in [-0.1, -0.05) is 32.0 Å². The number of benzene rings is 1. The van der Waals surface area contributed by atoms with Gasteiger partial charge in [-0.05, 0) is 43.4 Å². The lowest BCUT2D eigenvalue weighted by molar-refractivity contribution is 0.0971. The normalized spacial score (nSPS) is 19.4. The predicted octanol–water partition coefficient (Wildman–Crippen LogP) is 3.21. The van der Waals surface area contributed by atoms with Crippen molar-refractivity contribution >= 4 is 5.78 Å². The van der Waals surface area contributed by atoms with Crippen LogP contribution in [-0.2, 0) is 6.42 Å². The van der Waals surface area contributed by atoms with Crippen LogP contribution in [0.3, 0.4) is 0 Å². The Morgan fingerprint density at radius 1 is 1.44 bits per heavy atom. The number of nitrogens with one attached hydrogen (secondary N) is 1. The molecule has 1 heterocycles. The summed E-state index contributed by atoms with van der Waals surface area (Å²) in [6.07, 6.45) is 4.02. The molecule has 1 aromatic carbocycles. The quantitative estimate of drug-likeness (QED) is 0.807. The van der Waals surface area contributed by atoms with Gasteiger partial charge in [0.2, 0.25) is 0 Å². The van der Waals surface area contributed by atoms with Gasteiger partial charge < -0.3 is 5.32 Å². The van der Waals surface area contributed by atoms with Gasteiger partial charge in [0, 0.05) is 18.0 Å². The van der Waals surface area contributed by atoms with E-state index in [2.05, 4.69) is 31.3 Å². The molecule has 1 fully saturated rings. The summed E-state index contributed by atoms with van der Waals surface area (Å²) in [6, 6.07) is 8.53. The molecule has 98 valence electrons. The van der Waals surface area contributed by atoms with Crippen LogP contribution < -0.4 is 5.32 Å². The van der Waals surface area contributed by atoms with Crippen molar-refractivity contribution in [2.75, 3.05) is 6.54 Å². The fourth-order valence-electron chi connectivity index (χ4n) is 2.62. The van der Waals surface area contributed by atoms with Gasteiger partial charge in [0.15, 0.2) is 5.78 Å². The summed E-state index contributed by atoms with van der Waals surface area (Å²) >= 11 is 0. The third-order valence-electron chi connectivity index (χ3n) is 3.49. The van der Waals surface area contributed by atoms with Gasteiger partial charge in [0.1, 0.15) is 0 Å². The first-order valence-corrected chi connectivity index (χ1v) is 7.00. The molecule has 1 unspecified atom stereocenters. The Labute approximate surface area is 110 Å². The van der Waals surface area contributed by atoms with Crippen LogP contribution in [-0.4, -0.2) is 18.4 Å². The first-order valence-electron chi connectivity index (χ1n) is 7.00. The summed E-state index contributed by atoms with van der Waals surface area (Å²) in [5.74, 6) is 0.909. The highest BCUT2D eigenvalue weighted by Crippen LogP contribution is 2.15. The first-order chi connectivity index (χ1) is 8.65. The van der Waals surface area contributed by atoms with E-state index >= 15 is 0 Å². The molecule has 0 radical (unpaired) electrons. The summed E-state index contributed by atoms with van der Waals surface area (Å²) < 4.78 is 0. The van der Waals surface area contributed by atoms with Crippen molar-refractivity contribution in [3.05, 3.63) is 35.4 Å². The Morgan fingerprint density at radius 3 is 2.94 bits per heavy atom. The lowest BCUT2D eigenvalue weighted by atomic mass is 9.97. The summed E-state index contributed by atoms with van der Waals surface area (Å²) in [7, 11) is 0. The number of hydrogen-bond acceptors (Lipinski definition) is 2. The maximum atomic E-state index is 12.2. The first kappa shape index (κ1) is 13.3. The molecular weight excluding hydrogens is 222 g/mol. The van der Waals surface area contributed by atoms with Gasteiger partial charge in [-0.25, -0.2) is 0 Å². The van der Waals surface area contributed by atoms with Crippen LogP contribution in [0, 0.1) is 5.92 Å². The molecule has 1 aliphatic rings. The highest BCUT2D eigenvalue weighted by atomic mass is 16.1. The monoisotopic (exact) mass is 245 g/mol. The zero-order valence-electron chi connectivity index (χ0n) is 11.4. The largest absolute Gasteiger partial charge is 0.314 e. The van der Waals surface area contributed by atoms with E-state index in [0.717, 1.165) is 24.9 Å². The van der Waals surface area contributed by atoms with Gasteiger partial charge >= 0.3 is 0 Å². The Balaban J connectivity index is 2.00. The van der Waals surface area contributed by atoms with E-state index in [-0.39, 0.29) is 5.78 Å². The SMILES string of the molecule is CC(C)Cc1cccc(C(=O)CC2CCCN2)c1. The standard InChI is InChI=1S/C16H23NO/c1-12(2)9-13-5-3-6-14(10-13)16(18)11-15-7-4-8-17-15/h3,5-6,10,12,15,17H,4,7-9,11H2,1-2H3. The van der Waals surface area contributed by atoms with Crippen LogP contribution in [0.4, 0.5) is 0 Å². The van der Waals surface area contributed by atoms with E-state index in [4.69, 9.17) is 0 Å². The third-order valence-corrected chi connectivity index (χ3v) is 3.49. The van der Waals surface area contributed by atoms with Gasteiger partial charge in [0.05, 0.1) is 0 Å². The smallest absolute Gasteiger partial charge is 0.164 e. The molecule has 1 aromatic rings. The molecule has 1 N–H and O–H groups in total. The van der Waals surface area contributed by atoms with E-state index in [9.17, 15) is 4.79 Å². The summed E-state index contributed by atoms with van der Waals surface area (Å²) in [4.78, 5) is 12.2. The number of carbonyl (C=O) groups excluding carboxylic acids is 1. The van der Waals surface area contributed by atoms with Crippen molar-refractivity contribution in [1.82, 2.24) is 5.32 Å². The van der Waals surface area contributed by atoms with Crippen LogP contribution in [0.2, 0.25) is 0 Å². The second-order valence-electron chi connectivity index (χ2n) is 5.72. The zero-order valence-corrected chi connectivity index (χ0v) is 11.4. The lowest BCUT2D eigenvalue weighted by Gasteiger charge is -2.10. The average Bonchev–Trinajstić information content (AvgIpc) is 2.81. The molecule has 0 aromatic heterocycles. The maximum absolute atomic E-state index is 12.2. The summed E-state index contributed by atoms with van der Waals surface area (Å²) in [5.41, 5.74) is 2.15. The van der Waals surface area contributed by atoms with Crippen molar-refractivity contribution in [2.45, 2.75) is 45.6 Å². The molecular formula is C16H23NO. The maximum Gasteiger partial charge on any atom is 0.164 e. The van der Waals surface area contributed by atoms with Crippen molar-refractivity contribution in [3.8, 4) is 0 Å². The predicted molar refractivity (Wildman–Crippen MR) is 75.0 cm³/mol. The molecule has 18 heavy (non-hydrogen) atoms. The second-order valence-corrected chi connectivity index (χ2v) is 5.72. The van der Waals surface area contributed by atoms with Crippen molar-refractivity contribution in [1.29, 1.82) is 0 Å². The molecule has 1 saturated heterocycles. The Kier molecular flexibility index (Phi) is 4.54. The van der Waals surface area contributed by atoms with Crippen LogP contribution >= 0.6 is 0 Å². The molecule has 2 nitrogen and oxygen atoms in total. The fraction of sp³-hybridized carbons (Fsp3) is 0.562. The van der Waals surface area contributed by atoms with E-state index in [1.54, 1.807) is 0 Å². The molecule has 0 bridgehead atoms. The Bertz CT molecular complexity index is 405. The van der Waals surface area contributed by atoms with Gasteiger partial charge in [0.25, 0.3) is 0 Å². The lowest BCUT2D eigenvalue weighted by Crippen LogP contribution is -2.24. The highest BCUT2D eigenvalue weighted by molar-refractivity contribution is 5.96. The van der Waals surface area contributed by atoms with Crippen LogP contribution in [0.5, 0.6) is 0 Å². The molecule has 2 rings (SSSR count). The Hall–Kier alpha value is -1.15. The van der Waals surface area contributed by atoms with Crippen molar-refractivity contribution in [2.24, 2.45) is 5.92 Å². The highest BCUT2D eigenvalue weighted by Gasteiger charge is 2.18. The average molecular weight is 245 g/mol. The third kappa shape index (κ3) is 3.67. The summed E-state index contributed by atoms with van der Waals surface area (Å²) in [6.45, 7) is 5.47. The number of hydrogen-bond donors (Lipinski definition) is 1. The van der Waals surface area contributed by atoms with Crippen LogP contribution in [0.15, 0.2) is 24.3 Å². The number of Topliss-reactive ketones (excluding diaryl/α,β-unsaturated/α-hetero) is 1. The number of rotatable bonds is 5. The molecule has 0 aliphatic carbocycles. The second kappa shape index (κ2) is 6.14. The number of carbonyl (C=O) groups is 1. The molecule has 1 atom stereocenters. The fourth-order valence-corrected chi connectivity index (χ4v) is 2.62. The molecule has 2 heteroatoms. The zero-order chi connectivity index (χ0) is 13.0. The molecule has 0 spiro atoms. The van der Waals surface area contributed by atoms with Crippen molar-refractivity contribution < 1.29 is 4.79 Å². The minimum Gasteiger partial charge on any atom is -0.314 e. The van der Waals surface area contributed by atoms with Crippen molar-refractivity contribution in [3.63, 3.8) is 0 Å². The minimum absolute atomic E-state index is 0.278. The molecule has 1 aliphatic heterocycles. The van der Waals surface area contributed by atoms with E-state index in [1.807, 2.05) is 12.1 Å². The van der Waals surface area contributed by atoms with E-state index in [0.29, 0.717) is 18.4 Å².